The Kier molecular flexibility index (Phi) is 8.86. The first-order chi connectivity index (χ1) is 25.5. The molecule has 4 aromatic rings. The molecule has 5 amide bonds. The van der Waals surface area contributed by atoms with Gasteiger partial charge < -0.3 is 19.8 Å². The van der Waals surface area contributed by atoms with E-state index in [1.165, 1.54) is 27.3 Å². The second-order valence-electron chi connectivity index (χ2n) is 13.4. The number of fused-ring (bicyclic) bond motifs is 2. The van der Waals surface area contributed by atoms with Crippen LogP contribution in [0.2, 0.25) is 0 Å². The van der Waals surface area contributed by atoms with E-state index in [4.69, 9.17) is 0 Å². The van der Waals surface area contributed by atoms with Gasteiger partial charge in [0.15, 0.2) is 5.13 Å². The topological polar surface area (TPSA) is 155 Å². The Bertz CT molecular complexity index is 2170. The fourth-order valence-corrected chi connectivity index (χ4v) is 8.08. The van der Waals surface area contributed by atoms with Crippen molar-refractivity contribution in [3.8, 4) is 5.75 Å². The number of imide groups is 1. The number of hydrogen-bond donors (Lipinski definition) is 3. The van der Waals surface area contributed by atoms with E-state index >= 15 is 4.39 Å². The molecule has 3 aromatic carbocycles. The average Bonchev–Trinajstić information content (AvgIpc) is 3.86. The van der Waals surface area contributed by atoms with Crippen molar-refractivity contribution < 1.29 is 37.9 Å². The van der Waals surface area contributed by atoms with Gasteiger partial charge >= 0.3 is 0 Å². The van der Waals surface area contributed by atoms with Crippen LogP contribution in [0, 0.1) is 11.6 Å². The third-order valence-electron chi connectivity index (χ3n) is 10.3. The van der Waals surface area contributed by atoms with E-state index < -0.39 is 47.3 Å². The van der Waals surface area contributed by atoms with Crippen molar-refractivity contribution in [3.63, 3.8) is 0 Å². The maximum atomic E-state index is 15.8. The number of piperidine rings is 1. The molecule has 2 atom stereocenters. The summed E-state index contributed by atoms with van der Waals surface area (Å²) in [5.74, 6) is -3.90. The molecule has 272 valence electrons. The molecule has 2 unspecified atom stereocenters. The van der Waals surface area contributed by atoms with Gasteiger partial charge in [-0.15, -0.1) is 11.3 Å². The first-order valence-electron chi connectivity index (χ1n) is 17.1. The number of rotatable bonds is 8. The number of phenolic OH excluding ortho intramolecular Hbond substituents is 1. The summed E-state index contributed by atoms with van der Waals surface area (Å²) < 4.78 is 30.2. The Balaban J connectivity index is 0.938. The van der Waals surface area contributed by atoms with Crippen molar-refractivity contribution in [1.82, 2.24) is 25.0 Å². The number of benzene rings is 3. The fraction of sp³-hybridized carbons (Fsp3) is 0.297. The summed E-state index contributed by atoms with van der Waals surface area (Å²) in [6, 6.07) is 9.84. The lowest BCUT2D eigenvalue weighted by molar-refractivity contribution is -0.137. The lowest BCUT2D eigenvalue weighted by Gasteiger charge is -2.36. The Morgan fingerprint density at radius 1 is 0.981 bits per heavy atom. The van der Waals surface area contributed by atoms with Crippen molar-refractivity contribution in [1.29, 1.82) is 0 Å². The van der Waals surface area contributed by atoms with Crippen LogP contribution in [0.15, 0.2) is 60.1 Å². The normalized spacial score (nSPS) is 19.4. The van der Waals surface area contributed by atoms with Crippen LogP contribution in [0.25, 0.3) is 0 Å². The SMILES string of the molecule is O=C1CCC(N2Cc3c(ccc(CN4CCN(c5ccc6c(c5)C(=O)N(C(C(=O)Nc5nccs5)c5cc(F)ccc5O)C6)CC4)c3F)C2=O)C(=O)N1. The van der Waals surface area contributed by atoms with Gasteiger partial charge in [0.25, 0.3) is 17.7 Å². The van der Waals surface area contributed by atoms with Gasteiger partial charge in [0, 0.05) is 90.8 Å². The zero-order valence-electron chi connectivity index (χ0n) is 28.2. The van der Waals surface area contributed by atoms with Crippen LogP contribution in [0.5, 0.6) is 5.75 Å². The summed E-state index contributed by atoms with van der Waals surface area (Å²) in [7, 11) is 0. The largest absolute Gasteiger partial charge is 0.508 e. The maximum absolute atomic E-state index is 15.8. The zero-order valence-corrected chi connectivity index (χ0v) is 29.0. The average molecular weight is 742 g/mol. The molecule has 2 saturated heterocycles. The summed E-state index contributed by atoms with van der Waals surface area (Å²) in [6.07, 6.45) is 1.83. The fourth-order valence-electron chi connectivity index (χ4n) is 7.55. The molecule has 3 N–H and O–H groups in total. The number of anilines is 2. The lowest BCUT2D eigenvalue weighted by atomic mass is 10.0. The number of aromatic hydroxyl groups is 1. The number of aromatic nitrogens is 1. The summed E-state index contributed by atoms with van der Waals surface area (Å²) in [5, 5.41) is 17.6. The van der Waals surface area contributed by atoms with Crippen molar-refractivity contribution in [3.05, 3.63) is 105 Å². The van der Waals surface area contributed by atoms with Crippen LogP contribution in [0.1, 0.15) is 61.9 Å². The molecule has 0 aliphatic carbocycles. The molecule has 0 radical (unpaired) electrons. The molecule has 0 spiro atoms. The number of carbonyl (C=O) groups is 5. The Hall–Kier alpha value is -5.74. The smallest absolute Gasteiger partial charge is 0.255 e. The van der Waals surface area contributed by atoms with Crippen LogP contribution in [-0.4, -0.2) is 86.5 Å². The second kappa shape index (κ2) is 13.7. The number of piperazine rings is 1. The van der Waals surface area contributed by atoms with Crippen LogP contribution < -0.4 is 15.5 Å². The minimum absolute atomic E-state index is 0.0387. The molecule has 0 bridgehead atoms. The van der Waals surface area contributed by atoms with Gasteiger partial charge in [0.2, 0.25) is 11.8 Å². The molecular weight excluding hydrogens is 709 g/mol. The molecule has 8 rings (SSSR count). The number of thiazole rings is 1. The van der Waals surface area contributed by atoms with E-state index in [0.717, 1.165) is 23.9 Å². The van der Waals surface area contributed by atoms with E-state index in [9.17, 15) is 33.5 Å². The number of amides is 5. The number of phenols is 1. The van der Waals surface area contributed by atoms with Crippen LogP contribution >= 0.6 is 11.3 Å². The van der Waals surface area contributed by atoms with Gasteiger partial charge in [-0.25, -0.2) is 13.8 Å². The Labute approximate surface area is 305 Å². The second-order valence-corrected chi connectivity index (χ2v) is 14.3. The van der Waals surface area contributed by atoms with E-state index in [2.05, 4.69) is 25.4 Å². The highest BCUT2D eigenvalue weighted by atomic mass is 32.1. The third kappa shape index (κ3) is 6.37. The van der Waals surface area contributed by atoms with Crippen LogP contribution in [-0.2, 0) is 34.0 Å². The van der Waals surface area contributed by atoms with Crippen LogP contribution in [0.4, 0.5) is 19.6 Å². The Morgan fingerprint density at radius 3 is 2.55 bits per heavy atom. The molecular formula is C37H33F2N7O6S. The maximum Gasteiger partial charge on any atom is 0.255 e. The highest BCUT2D eigenvalue weighted by molar-refractivity contribution is 7.13. The molecule has 53 heavy (non-hydrogen) atoms. The van der Waals surface area contributed by atoms with Gasteiger partial charge in [-0.05, 0) is 48.4 Å². The lowest BCUT2D eigenvalue weighted by Crippen LogP contribution is -2.52. The number of halogens is 2. The molecule has 13 nitrogen and oxygen atoms in total. The van der Waals surface area contributed by atoms with Crippen molar-refractivity contribution in [2.45, 2.75) is 44.6 Å². The summed E-state index contributed by atoms with van der Waals surface area (Å²) in [5.41, 5.74) is 2.75. The minimum atomic E-state index is -1.33. The first-order valence-corrected chi connectivity index (χ1v) is 18.0. The summed E-state index contributed by atoms with van der Waals surface area (Å²) in [6.45, 7) is 2.69. The predicted molar refractivity (Wildman–Crippen MR) is 188 cm³/mol. The van der Waals surface area contributed by atoms with Gasteiger partial charge in [-0.1, -0.05) is 12.1 Å². The van der Waals surface area contributed by atoms with Gasteiger partial charge in [0.1, 0.15) is 29.5 Å². The monoisotopic (exact) mass is 741 g/mol. The molecule has 2 fully saturated rings. The molecule has 16 heteroatoms. The minimum Gasteiger partial charge on any atom is -0.508 e. The van der Waals surface area contributed by atoms with E-state index in [-0.39, 0.29) is 54.3 Å². The summed E-state index contributed by atoms with van der Waals surface area (Å²) in [4.78, 5) is 75.5. The van der Waals surface area contributed by atoms with Gasteiger partial charge in [0.05, 0.1) is 6.54 Å². The van der Waals surface area contributed by atoms with E-state index in [0.29, 0.717) is 54.5 Å². The van der Waals surface area contributed by atoms with Gasteiger partial charge in [-0.3, -0.25) is 39.5 Å². The standard InChI is InChI=1S/C37H33F2N7O6S/c38-22-3-7-29(47)26(15-22)32(34(50)42-37-40-9-14-53-37)46-18-20-1-4-23(16-25(20)36(46)52)44-12-10-43(11-13-44)17-21-2-5-24-27(31(21)39)19-45(35(24)51)28-6-8-30(48)41-33(28)49/h1-5,7,9,14-16,28,32,47H,6,8,10-13,17-19H2,(H,40,42,50)(H,41,48,49). The van der Waals surface area contributed by atoms with E-state index in [1.54, 1.807) is 23.6 Å². The molecule has 1 aromatic heterocycles. The van der Waals surface area contributed by atoms with Crippen molar-refractivity contribution in [2.75, 3.05) is 36.4 Å². The molecule has 4 aliphatic heterocycles. The van der Waals surface area contributed by atoms with Crippen LogP contribution in [0.3, 0.4) is 0 Å². The molecule has 4 aliphatic rings. The number of hydrogen-bond acceptors (Lipinski definition) is 10. The number of nitrogens with zero attached hydrogens (tertiary/aromatic N) is 5. The zero-order chi connectivity index (χ0) is 37.0. The molecule has 5 heterocycles. The highest BCUT2D eigenvalue weighted by Gasteiger charge is 2.42. The third-order valence-corrected chi connectivity index (χ3v) is 11.0. The highest BCUT2D eigenvalue weighted by Crippen LogP contribution is 2.38. The first kappa shape index (κ1) is 34.4. The summed E-state index contributed by atoms with van der Waals surface area (Å²) >= 11 is 1.19. The van der Waals surface area contributed by atoms with Gasteiger partial charge in [-0.2, -0.15) is 0 Å². The Morgan fingerprint density at radius 2 is 1.79 bits per heavy atom. The van der Waals surface area contributed by atoms with E-state index in [1.807, 2.05) is 12.1 Å². The van der Waals surface area contributed by atoms with Crippen molar-refractivity contribution >= 4 is 51.7 Å². The van der Waals surface area contributed by atoms with Crippen molar-refractivity contribution in [2.24, 2.45) is 0 Å². The molecule has 0 saturated carbocycles. The quantitative estimate of drug-likeness (QED) is 0.230. The predicted octanol–water partition coefficient (Wildman–Crippen LogP) is 3.55. The number of nitrogens with one attached hydrogen (secondary N) is 2. The number of carbonyl (C=O) groups excluding carboxylic acids is 5.